The third-order valence-electron chi connectivity index (χ3n) is 2.36. The lowest BCUT2D eigenvalue weighted by molar-refractivity contribution is 0.0523. The predicted octanol–water partition coefficient (Wildman–Crippen LogP) is 2.21. The topological polar surface area (TPSA) is 67.8 Å². The Labute approximate surface area is 113 Å². The Hall–Kier alpha value is -1.75. The molecule has 0 atom stereocenters. The average molecular weight is 267 g/mol. The number of benzene rings is 1. The Balaban J connectivity index is 2.65. The fourth-order valence-corrected chi connectivity index (χ4v) is 1.51. The minimum atomic E-state index is -0.519. The monoisotopic (exact) mass is 267 g/mol. The van der Waals surface area contributed by atoms with Gasteiger partial charge in [0.1, 0.15) is 11.4 Å². The molecule has 0 aromatic heterocycles. The van der Waals surface area contributed by atoms with Crippen LogP contribution in [0.15, 0.2) is 18.2 Å². The number of rotatable bonds is 4. The number of carbonyl (C=O) groups excluding carboxylic acids is 1. The van der Waals surface area contributed by atoms with Gasteiger partial charge < -0.3 is 19.9 Å². The second kappa shape index (κ2) is 6.43. The molecule has 1 aromatic carbocycles. The van der Waals surface area contributed by atoms with Crippen molar-refractivity contribution in [2.75, 3.05) is 7.11 Å². The Morgan fingerprint density at radius 1 is 1.37 bits per heavy atom. The fraction of sp³-hybridized carbons (Fsp3) is 0.500. The van der Waals surface area contributed by atoms with Crippen LogP contribution in [0.2, 0.25) is 0 Å². The van der Waals surface area contributed by atoms with E-state index in [4.69, 9.17) is 14.6 Å². The molecule has 19 heavy (non-hydrogen) atoms. The van der Waals surface area contributed by atoms with Crippen LogP contribution in [0.1, 0.15) is 31.9 Å². The number of amides is 1. The van der Waals surface area contributed by atoms with Gasteiger partial charge >= 0.3 is 6.09 Å². The van der Waals surface area contributed by atoms with Gasteiger partial charge in [0.05, 0.1) is 13.7 Å². The third kappa shape index (κ3) is 5.18. The number of carbonyl (C=O) groups is 1. The van der Waals surface area contributed by atoms with Crippen molar-refractivity contribution in [2.24, 2.45) is 0 Å². The summed E-state index contributed by atoms with van der Waals surface area (Å²) in [7, 11) is 1.55. The predicted molar refractivity (Wildman–Crippen MR) is 72.0 cm³/mol. The zero-order chi connectivity index (χ0) is 14.5. The number of aliphatic hydroxyl groups excluding tert-OH is 1. The first-order valence-corrected chi connectivity index (χ1v) is 6.09. The van der Waals surface area contributed by atoms with Gasteiger partial charge in [-0.25, -0.2) is 4.79 Å². The molecule has 106 valence electrons. The lowest BCUT2D eigenvalue weighted by atomic mass is 10.1. The first-order valence-electron chi connectivity index (χ1n) is 6.09. The summed E-state index contributed by atoms with van der Waals surface area (Å²) in [6, 6.07) is 5.34. The van der Waals surface area contributed by atoms with Crippen molar-refractivity contribution >= 4 is 6.09 Å². The molecule has 0 saturated heterocycles. The molecule has 0 heterocycles. The molecule has 0 spiro atoms. The van der Waals surface area contributed by atoms with Gasteiger partial charge in [-0.15, -0.1) is 0 Å². The number of aliphatic hydroxyl groups is 1. The number of methoxy groups -OCH3 is 1. The smallest absolute Gasteiger partial charge is 0.407 e. The quantitative estimate of drug-likeness (QED) is 0.877. The van der Waals surface area contributed by atoms with E-state index in [1.54, 1.807) is 19.2 Å². The number of hydrogen-bond acceptors (Lipinski definition) is 4. The maximum Gasteiger partial charge on any atom is 0.407 e. The molecule has 0 fully saturated rings. The van der Waals surface area contributed by atoms with E-state index in [0.29, 0.717) is 12.3 Å². The molecule has 5 heteroatoms. The molecule has 5 nitrogen and oxygen atoms in total. The molecule has 0 radical (unpaired) electrons. The van der Waals surface area contributed by atoms with Crippen molar-refractivity contribution in [3.63, 3.8) is 0 Å². The summed E-state index contributed by atoms with van der Waals surface area (Å²) >= 11 is 0. The normalized spacial score (nSPS) is 11.0. The summed E-state index contributed by atoms with van der Waals surface area (Å²) in [5.41, 5.74) is 1.07. The van der Waals surface area contributed by atoms with Crippen molar-refractivity contribution in [3.8, 4) is 5.75 Å². The largest absolute Gasteiger partial charge is 0.496 e. The highest BCUT2D eigenvalue weighted by Crippen LogP contribution is 2.20. The van der Waals surface area contributed by atoms with Crippen LogP contribution in [0.3, 0.4) is 0 Å². The molecule has 0 saturated carbocycles. The van der Waals surface area contributed by atoms with Gasteiger partial charge in [-0.05, 0) is 32.4 Å². The summed E-state index contributed by atoms with van der Waals surface area (Å²) in [6.45, 7) is 5.69. The van der Waals surface area contributed by atoms with Crippen molar-refractivity contribution in [1.82, 2.24) is 5.32 Å². The average Bonchev–Trinajstić information content (AvgIpc) is 2.34. The Morgan fingerprint density at radius 3 is 2.58 bits per heavy atom. The van der Waals surface area contributed by atoms with Crippen molar-refractivity contribution in [1.29, 1.82) is 0 Å². The highest BCUT2D eigenvalue weighted by molar-refractivity contribution is 5.67. The molecule has 0 aliphatic carbocycles. The second-order valence-electron chi connectivity index (χ2n) is 5.16. The molecule has 0 bridgehead atoms. The summed E-state index contributed by atoms with van der Waals surface area (Å²) in [4.78, 5) is 11.5. The highest BCUT2D eigenvalue weighted by Gasteiger charge is 2.16. The van der Waals surface area contributed by atoms with E-state index in [-0.39, 0.29) is 6.61 Å². The zero-order valence-electron chi connectivity index (χ0n) is 11.8. The molecule has 1 rings (SSSR count). The van der Waals surface area contributed by atoms with Gasteiger partial charge in [-0.3, -0.25) is 0 Å². The van der Waals surface area contributed by atoms with E-state index in [9.17, 15) is 4.79 Å². The van der Waals surface area contributed by atoms with E-state index in [1.165, 1.54) is 0 Å². The van der Waals surface area contributed by atoms with Gasteiger partial charge in [-0.2, -0.15) is 0 Å². The molecule has 1 aromatic rings. The summed E-state index contributed by atoms with van der Waals surface area (Å²) < 4.78 is 10.4. The van der Waals surface area contributed by atoms with E-state index >= 15 is 0 Å². The maximum absolute atomic E-state index is 11.5. The van der Waals surface area contributed by atoms with Crippen LogP contribution in [-0.2, 0) is 17.9 Å². The third-order valence-corrected chi connectivity index (χ3v) is 2.36. The van der Waals surface area contributed by atoms with Crippen molar-refractivity contribution < 1.29 is 19.4 Å². The zero-order valence-corrected chi connectivity index (χ0v) is 11.8. The van der Waals surface area contributed by atoms with Crippen LogP contribution in [0.25, 0.3) is 0 Å². The molecule has 0 aliphatic heterocycles. The van der Waals surface area contributed by atoms with Gasteiger partial charge in [0, 0.05) is 12.1 Å². The van der Waals surface area contributed by atoms with Crippen molar-refractivity contribution in [2.45, 2.75) is 39.5 Å². The SMILES string of the molecule is COc1cc(CO)ccc1CNC(=O)OC(C)(C)C. The van der Waals surface area contributed by atoms with Crippen LogP contribution in [0.5, 0.6) is 5.75 Å². The number of hydrogen-bond donors (Lipinski definition) is 2. The highest BCUT2D eigenvalue weighted by atomic mass is 16.6. The second-order valence-corrected chi connectivity index (χ2v) is 5.16. The van der Waals surface area contributed by atoms with E-state index in [2.05, 4.69) is 5.32 Å². The first kappa shape index (κ1) is 15.3. The number of ether oxygens (including phenoxy) is 2. The van der Waals surface area contributed by atoms with Crippen LogP contribution in [0, 0.1) is 0 Å². The Bertz CT molecular complexity index is 438. The first-order chi connectivity index (χ1) is 8.85. The Morgan fingerprint density at radius 2 is 2.05 bits per heavy atom. The van der Waals surface area contributed by atoms with E-state index in [0.717, 1.165) is 11.1 Å². The molecular formula is C14H21NO4. The summed E-state index contributed by atoms with van der Waals surface area (Å²) in [5.74, 6) is 0.627. The van der Waals surface area contributed by atoms with Crippen LogP contribution >= 0.6 is 0 Å². The number of nitrogens with one attached hydrogen (secondary N) is 1. The van der Waals surface area contributed by atoms with Crippen LogP contribution in [0.4, 0.5) is 4.79 Å². The molecule has 1 amide bonds. The summed E-state index contributed by atoms with van der Waals surface area (Å²) in [5, 5.41) is 11.7. The minimum Gasteiger partial charge on any atom is -0.496 e. The standard InChI is InChI=1S/C14H21NO4/c1-14(2,3)19-13(17)15-8-11-6-5-10(9-16)7-12(11)18-4/h5-7,16H,8-9H2,1-4H3,(H,15,17). The Kier molecular flexibility index (Phi) is 5.18. The molecule has 0 unspecified atom stereocenters. The van der Waals surface area contributed by atoms with Crippen LogP contribution in [-0.4, -0.2) is 23.9 Å². The fourth-order valence-electron chi connectivity index (χ4n) is 1.51. The van der Waals surface area contributed by atoms with E-state index < -0.39 is 11.7 Å². The van der Waals surface area contributed by atoms with Crippen LogP contribution < -0.4 is 10.1 Å². The van der Waals surface area contributed by atoms with Gasteiger partial charge in [0.2, 0.25) is 0 Å². The summed E-state index contributed by atoms with van der Waals surface area (Å²) in [6.07, 6.45) is -0.471. The lowest BCUT2D eigenvalue weighted by Gasteiger charge is -2.20. The number of alkyl carbamates (subject to hydrolysis) is 1. The molecule has 2 N–H and O–H groups in total. The van der Waals surface area contributed by atoms with Gasteiger partial charge in [0.25, 0.3) is 0 Å². The van der Waals surface area contributed by atoms with Crippen molar-refractivity contribution in [3.05, 3.63) is 29.3 Å². The van der Waals surface area contributed by atoms with Gasteiger partial charge in [0.15, 0.2) is 0 Å². The maximum atomic E-state index is 11.5. The van der Waals surface area contributed by atoms with Gasteiger partial charge in [-0.1, -0.05) is 12.1 Å². The minimum absolute atomic E-state index is 0.0455. The lowest BCUT2D eigenvalue weighted by Crippen LogP contribution is -2.32. The molecular weight excluding hydrogens is 246 g/mol. The van der Waals surface area contributed by atoms with E-state index in [1.807, 2.05) is 26.8 Å². The molecule has 0 aliphatic rings.